The van der Waals surface area contributed by atoms with Crippen LogP contribution >= 0.6 is 23.2 Å². The van der Waals surface area contributed by atoms with Gasteiger partial charge in [0, 0.05) is 24.0 Å². The number of halogens is 2. The summed E-state index contributed by atoms with van der Waals surface area (Å²) in [6, 6.07) is 0. The molecule has 0 N–H and O–H groups in total. The van der Waals surface area contributed by atoms with Gasteiger partial charge in [-0.1, -0.05) is 11.6 Å². The second kappa shape index (κ2) is 3.50. The molecular formula is C5H2Cl2N2O2. The predicted octanol–water partition coefficient (Wildman–Crippen LogP) is 1.87. The highest BCUT2D eigenvalue weighted by atomic mass is 35.5. The Kier molecular flexibility index (Phi) is 2.62. The van der Waals surface area contributed by atoms with Gasteiger partial charge in [-0.3, -0.25) is 0 Å². The molecule has 0 atom stereocenters. The van der Waals surface area contributed by atoms with Crippen molar-refractivity contribution in [3.8, 4) is 5.88 Å². The van der Waals surface area contributed by atoms with Gasteiger partial charge in [0.25, 0.3) is 5.88 Å². The molecule has 0 amide bonds. The van der Waals surface area contributed by atoms with Crippen molar-refractivity contribution in [3.05, 3.63) is 17.5 Å². The topological polar surface area (TPSA) is 52.1 Å². The van der Waals surface area contributed by atoms with E-state index in [1.165, 1.54) is 12.4 Å². The highest BCUT2D eigenvalue weighted by Crippen LogP contribution is 2.17. The molecule has 0 radical (unpaired) electrons. The van der Waals surface area contributed by atoms with Crippen LogP contribution in [-0.4, -0.2) is 15.4 Å². The van der Waals surface area contributed by atoms with Crippen LogP contribution in [0.25, 0.3) is 0 Å². The average molecular weight is 193 g/mol. The van der Waals surface area contributed by atoms with Gasteiger partial charge in [0.2, 0.25) is 0 Å². The lowest BCUT2D eigenvalue weighted by molar-refractivity contribution is 0.224. The van der Waals surface area contributed by atoms with Crippen LogP contribution < -0.4 is 4.74 Å². The lowest BCUT2D eigenvalue weighted by Crippen LogP contribution is -1.99. The van der Waals surface area contributed by atoms with E-state index in [9.17, 15) is 4.79 Å². The van der Waals surface area contributed by atoms with Crippen molar-refractivity contribution in [1.29, 1.82) is 0 Å². The molecule has 6 heteroatoms. The highest BCUT2D eigenvalue weighted by Gasteiger charge is 2.06. The number of hydrogen-bond donors (Lipinski definition) is 0. The smallest absolute Gasteiger partial charge is 0.392 e. The molecule has 1 heterocycles. The van der Waals surface area contributed by atoms with Crippen LogP contribution in [0.1, 0.15) is 0 Å². The monoisotopic (exact) mass is 192 g/mol. The number of rotatable bonds is 1. The first-order chi connectivity index (χ1) is 5.20. The van der Waals surface area contributed by atoms with Crippen LogP contribution in [0.2, 0.25) is 5.15 Å². The Morgan fingerprint density at radius 1 is 1.45 bits per heavy atom. The molecule has 1 aromatic heterocycles. The van der Waals surface area contributed by atoms with Gasteiger partial charge >= 0.3 is 5.43 Å². The Bertz CT molecular complexity index is 279. The van der Waals surface area contributed by atoms with E-state index in [1.807, 2.05) is 0 Å². The second-order valence-corrected chi connectivity index (χ2v) is 2.16. The lowest BCUT2D eigenvalue weighted by atomic mass is 10.7. The number of aromatic nitrogens is 2. The standard InChI is InChI=1S/C5H2Cl2N2O2/c6-3-4(11-5(7)10)9-2-1-8-3/h1-2H. The fourth-order valence-corrected chi connectivity index (χ4v) is 0.670. The minimum absolute atomic E-state index is 0.00139. The van der Waals surface area contributed by atoms with Crippen molar-refractivity contribution in [2.75, 3.05) is 0 Å². The number of ether oxygens (including phenoxy) is 1. The Labute approximate surface area is 72.1 Å². The maximum Gasteiger partial charge on any atom is 0.410 e. The van der Waals surface area contributed by atoms with Gasteiger partial charge in [0.1, 0.15) is 0 Å². The summed E-state index contributed by atoms with van der Waals surface area (Å²) in [4.78, 5) is 17.4. The van der Waals surface area contributed by atoms with Crippen molar-refractivity contribution in [2.45, 2.75) is 0 Å². The van der Waals surface area contributed by atoms with Gasteiger partial charge in [0.05, 0.1) is 0 Å². The highest BCUT2D eigenvalue weighted by molar-refractivity contribution is 6.61. The van der Waals surface area contributed by atoms with Gasteiger partial charge in [-0.15, -0.1) is 0 Å². The number of carbonyl (C=O) groups is 1. The molecule has 0 fully saturated rings. The van der Waals surface area contributed by atoms with E-state index in [0.29, 0.717) is 0 Å². The Morgan fingerprint density at radius 3 is 2.64 bits per heavy atom. The van der Waals surface area contributed by atoms with E-state index < -0.39 is 5.43 Å². The van der Waals surface area contributed by atoms with Crippen molar-refractivity contribution >= 4 is 28.6 Å². The number of carbonyl (C=O) groups excluding carboxylic acids is 1. The first-order valence-corrected chi connectivity index (χ1v) is 3.29. The molecule has 0 unspecified atom stereocenters. The van der Waals surface area contributed by atoms with Gasteiger partial charge in [0.15, 0.2) is 5.15 Å². The van der Waals surface area contributed by atoms with Crippen molar-refractivity contribution in [2.24, 2.45) is 0 Å². The van der Waals surface area contributed by atoms with E-state index >= 15 is 0 Å². The molecule has 0 bridgehead atoms. The molecule has 0 aromatic carbocycles. The summed E-state index contributed by atoms with van der Waals surface area (Å²) in [6.45, 7) is 0. The second-order valence-electron chi connectivity index (χ2n) is 1.49. The number of nitrogens with zero attached hydrogens (tertiary/aromatic N) is 2. The number of hydrogen-bond acceptors (Lipinski definition) is 4. The largest absolute Gasteiger partial charge is 0.410 e. The normalized spacial score (nSPS) is 9.27. The SMILES string of the molecule is O=C(Cl)Oc1nccnc1Cl. The van der Waals surface area contributed by atoms with E-state index in [4.69, 9.17) is 23.2 Å². The maximum atomic E-state index is 10.2. The third-order valence-electron chi connectivity index (χ3n) is 0.800. The maximum absolute atomic E-state index is 10.2. The van der Waals surface area contributed by atoms with E-state index in [-0.39, 0.29) is 11.0 Å². The summed E-state index contributed by atoms with van der Waals surface area (Å²) >= 11 is 10.4. The molecule has 1 rings (SSSR count). The predicted molar refractivity (Wildman–Crippen MR) is 38.9 cm³/mol. The summed E-state index contributed by atoms with van der Waals surface area (Å²) in [5, 5.41) is 0.00139. The van der Waals surface area contributed by atoms with Gasteiger partial charge in [-0.2, -0.15) is 0 Å². The van der Waals surface area contributed by atoms with E-state index in [0.717, 1.165) is 0 Å². The summed E-state index contributed by atoms with van der Waals surface area (Å²) in [5.74, 6) is -0.0887. The van der Waals surface area contributed by atoms with E-state index in [2.05, 4.69) is 14.7 Å². The fourth-order valence-electron chi connectivity index (χ4n) is 0.453. The Hall–Kier alpha value is -0.870. The summed E-state index contributed by atoms with van der Waals surface area (Å²) in [5.41, 5.74) is -0.993. The van der Waals surface area contributed by atoms with Crippen molar-refractivity contribution < 1.29 is 9.53 Å². The summed E-state index contributed by atoms with van der Waals surface area (Å²) < 4.78 is 4.37. The van der Waals surface area contributed by atoms with Crippen LogP contribution in [0.15, 0.2) is 12.4 Å². The molecule has 0 saturated heterocycles. The third kappa shape index (κ3) is 2.32. The van der Waals surface area contributed by atoms with Crippen LogP contribution in [0, 0.1) is 0 Å². The quantitative estimate of drug-likeness (QED) is 0.638. The Balaban J connectivity index is 2.86. The van der Waals surface area contributed by atoms with Crippen LogP contribution in [0.5, 0.6) is 5.88 Å². The average Bonchev–Trinajstić information content (AvgIpc) is 1.93. The first-order valence-electron chi connectivity index (χ1n) is 2.54. The minimum atomic E-state index is -0.993. The third-order valence-corrected chi connectivity index (χ3v) is 1.14. The first kappa shape index (κ1) is 8.23. The van der Waals surface area contributed by atoms with Gasteiger partial charge in [-0.25, -0.2) is 14.8 Å². The van der Waals surface area contributed by atoms with Gasteiger partial charge < -0.3 is 4.74 Å². The molecule has 0 aliphatic heterocycles. The molecular weight excluding hydrogens is 191 g/mol. The lowest BCUT2D eigenvalue weighted by Gasteiger charge is -1.97. The zero-order chi connectivity index (χ0) is 8.27. The molecule has 1 aromatic rings. The molecule has 0 spiro atoms. The molecule has 0 aliphatic carbocycles. The summed E-state index contributed by atoms with van der Waals surface area (Å²) in [6.07, 6.45) is 2.70. The Morgan fingerprint density at radius 2 is 2.09 bits per heavy atom. The fraction of sp³-hybridized carbons (Fsp3) is 0. The summed E-state index contributed by atoms with van der Waals surface area (Å²) in [7, 11) is 0. The molecule has 0 aliphatic rings. The molecule has 4 nitrogen and oxygen atoms in total. The molecule has 0 saturated carbocycles. The minimum Gasteiger partial charge on any atom is -0.392 e. The zero-order valence-corrected chi connectivity index (χ0v) is 6.63. The van der Waals surface area contributed by atoms with Crippen LogP contribution in [0.4, 0.5) is 4.79 Å². The zero-order valence-electron chi connectivity index (χ0n) is 5.12. The van der Waals surface area contributed by atoms with Gasteiger partial charge in [-0.05, 0) is 0 Å². The van der Waals surface area contributed by atoms with Crippen LogP contribution in [0.3, 0.4) is 0 Å². The van der Waals surface area contributed by atoms with Crippen molar-refractivity contribution in [1.82, 2.24) is 9.97 Å². The molecule has 58 valence electrons. The van der Waals surface area contributed by atoms with Crippen molar-refractivity contribution in [3.63, 3.8) is 0 Å². The van der Waals surface area contributed by atoms with E-state index in [1.54, 1.807) is 0 Å². The van der Waals surface area contributed by atoms with Crippen LogP contribution in [-0.2, 0) is 0 Å². The molecule has 11 heavy (non-hydrogen) atoms.